The van der Waals surface area contributed by atoms with Crippen molar-refractivity contribution >= 4 is 8.80 Å². The van der Waals surface area contributed by atoms with Crippen LogP contribution in [0.15, 0.2) is 0 Å². The molecule has 116 valence electrons. The first-order valence-corrected chi connectivity index (χ1v) is 9.09. The summed E-state index contributed by atoms with van der Waals surface area (Å²) in [5.41, 5.74) is 0. The minimum absolute atomic E-state index is 0.259. The molecule has 0 fully saturated rings. The molecular formula is C13H31NO4Si. The van der Waals surface area contributed by atoms with Crippen LogP contribution in [0, 0.1) is 0 Å². The fourth-order valence-electron chi connectivity index (χ4n) is 2.09. The normalized spacial score (nSPS) is 12.3. The molecule has 0 spiro atoms. The number of unbranched alkanes of at least 4 members (excludes halogenated alkanes) is 1. The van der Waals surface area contributed by atoms with Crippen molar-refractivity contribution in [3.05, 3.63) is 0 Å². The summed E-state index contributed by atoms with van der Waals surface area (Å²) in [6.45, 7) is 5.51. The summed E-state index contributed by atoms with van der Waals surface area (Å²) in [7, 11) is 2.54. The van der Waals surface area contributed by atoms with Gasteiger partial charge in [-0.3, -0.25) is 0 Å². The van der Waals surface area contributed by atoms with Crippen LogP contribution in [-0.2, 0) is 13.3 Å². The number of rotatable bonds is 13. The lowest BCUT2D eigenvalue weighted by Crippen LogP contribution is -2.43. The van der Waals surface area contributed by atoms with Crippen LogP contribution in [0.2, 0.25) is 6.04 Å². The fraction of sp³-hybridized carbons (Fsp3) is 1.00. The third-order valence-corrected chi connectivity index (χ3v) is 6.18. The molecule has 0 aromatic carbocycles. The molecule has 0 saturated carbocycles. The van der Waals surface area contributed by atoms with E-state index in [0.717, 1.165) is 38.5 Å². The van der Waals surface area contributed by atoms with E-state index in [4.69, 9.17) is 18.4 Å². The average molecular weight is 293 g/mol. The highest BCUT2D eigenvalue weighted by Gasteiger charge is 2.36. The molecule has 0 rings (SSSR count). The predicted molar refractivity (Wildman–Crippen MR) is 79.3 cm³/mol. The molecule has 6 heteroatoms. The second-order valence-electron chi connectivity index (χ2n) is 4.67. The molecule has 0 aromatic rings. The molecule has 0 radical (unpaired) electrons. The third-order valence-electron chi connectivity index (χ3n) is 3.35. The van der Waals surface area contributed by atoms with Gasteiger partial charge in [0.25, 0.3) is 0 Å². The van der Waals surface area contributed by atoms with Gasteiger partial charge in [0.1, 0.15) is 0 Å². The molecule has 5 nitrogen and oxygen atoms in total. The largest absolute Gasteiger partial charge is 0.500 e. The highest BCUT2D eigenvalue weighted by molar-refractivity contribution is 6.60. The van der Waals surface area contributed by atoms with E-state index in [2.05, 4.69) is 11.8 Å². The molecule has 0 unspecified atom stereocenters. The van der Waals surface area contributed by atoms with Crippen molar-refractivity contribution in [2.45, 2.75) is 38.7 Å². The SMILES string of the molecule is CCCCN(CCCO)CCC[Si](OC)(OC)OC. The zero-order valence-electron chi connectivity index (χ0n) is 13.0. The van der Waals surface area contributed by atoms with Crippen molar-refractivity contribution < 1.29 is 18.4 Å². The maximum Gasteiger partial charge on any atom is 0.500 e. The van der Waals surface area contributed by atoms with Crippen LogP contribution < -0.4 is 0 Å². The summed E-state index contributed by atoms with van der Waals surface area (Å²) in [5.74, 6) is 0. The van der Waals surface area contributed by atoms with Gasteiger partial charge in [-0.2, -0.15) is 0 Å². The molecule has 0 aromatic heterocycles. The van der Waals surface area contributed by atoms with Gasteiger partial charge in [-0.25, -0.2) is 0 Å². The summed E-state index contributed by atoms with van der Waals surface area (Å²) in [6.07, 6.45) is 4.23. The number of hydrogen-bond acceptors (Lipinski definition) is 5. The molecule has 0 aliphatic rings. The highest BCUT2D eigenvalue weighted by atomic mass is 28.4. The fourth-order valence-corrected chi connectivity index (χ4v) is 3.79. The minimum atomic E-state index is -2.42. The monoisotopic (exact) mass is 293 g/mol. The van der Waals surface area contributed by atoms with Gasteiger partial charge in [0.15, 0.2) is 0 Å². The Morgan fingerprint density at radius 2 is 1.42 bits per heavy atom. The molecule has 1 N–H and O–H groups in total. The van der Waals surface area contributed by atoms with Crippen molar-refractivity contribution in [3.63, 3.8) is 0 Å². The first-order chi connectivity index (χ1) is 9.17. The van der Waals surface area contributed by atoms with E-state index in [0.29, 0.717) is 0 Å². The van der Waals surface area contributed by atoms with Gasteiger partial charge in [0, 0.05) is 40.5 Å². The molecule has 0 aliphatic heterocycles. The topological polar surface area (TPSA) is 51.2 Å². The van der Waals surface area contributed by atoms with Crippen LogP contribution in [0.25, 0.3) is 0 Å². The standard InChI is InChI=1S/C13H31NO4Si/c1-5-6-9-14(10-7-12-15)11-8-13-19(16-2,17-3)18-4/h15H,5-13H2,1-4H3. The Labute approximate surface area is 119 Å². The summed E-state index contributed by atoms with van der Waals surface area (Å²) in [4.78, 5) is 2.40. The summed E-state index contributed by atoms with van der Waals surface area (Å²) >= 11 is 0. The van der Waals surface area contributed by atoms with Gasteiger partial charge >= 0.3 is 8.80 Å². The summed E-state index contributed by atoms with van der Waals surface area (Å²) in [5, 5.41) is 8.93. The van der Waals surface area contributed by atoms with E-state index in [9.17, 15) is 0 Å². The molecule has 0 atom stereocenters. The minimum Gasteiger partial charge on any atom is -0.396 e. The molecule has 19 heavy (non-hydrogen) atoms. The van der Waals surface area contributed by atoms with Crippen LogP contribution in [0.3, 0.4) is 0 Å². The van der Waals surface area contributed by atoms with Gasteiger partial charge in [0.05, 0.1) is 0 Å². The zero-order valence-corrected chi connectivity index (χ0v) is 14.0. The van der Waals surface area contributed by atoms with E-state index >= 15 is 0 Å². The molecule has 0 bridgehead atoms. The summed E-state index contributed by atoms with van der Waals surface area (Å²) < 4.78 is 16.2. The van der Waals surface area contributed by atoms with Gasteiger partial charge in [0.2, 0.25) is 0 Å². The number of aliphatic hydroxyl groups is 1. The Kier molecular flexibility index (Phi) is 11.8. The molecular weight excluding hydrogens is 262 g/mol. The number of hydrogen-bond donors (Lipinski definition) is 1. The number of nitrogens with zero attached hydrogens (tertiary/aromatic N) is 1. The van der Waals surface area contributed by atoms with E-state index in [-0.39, 0.29) is 6.61 Å². The van der Waals surface area contributed by atoms with E-state index in [1.54, 1.807) is 21.3 Å². The number of aliphatic hydroxyl groups excluding tert-OH is 1. The van der Waals surface area contributed by atoms with Crippen LogP contribution in [0.1, 0.15) is 32.6 Å². The van der Waals surface area contributed by atoms with Crippen molar-refractivity contribution in [1.82, 2.24) is 4.90 Å². The molecule has 0 saturated heterocycles. The van der Waals surface area contributed by atoms with Crippen LogP contribution in [-0.4, -0.2) is 66.4 Å². The molecule has 0 aliphatic carbocycles. The average Bonchev–Trinajstić information content (AvgIpc) is 2.46. The van der Waals surface area contributed by atoms with E-state index < -0.39 is 8.80 Å². The predicted octanol–water partition coefficient (Wildman–Crippen LogP) is 1.74. The van der Waals surface area contributed by atoms with Crippen LogP contribution in [0.4, 0.5) is 0 Å². The maximum atomic E-state index is 8.93. The first-order valence-electron chi connectivity index (χ1n) is 7.16. The lowest BCUT2D eigenvalue weighted by molar-refractivity contribution is 0.121. The van der Waals surface area contributed by atoms with Crippen molar-refractivity contribution in [2.75, 3.05) is 47.6 Å². The van der Waals surface area contributed by atoms with Gasteiger partial charge < -0.3 is 23.3 Å². The Balaban J connectivity index is 4.07. The van der Waals surface area contributed by atoms with Crippen molar-refractivity contribution in [2.24, 2.45) is 0 Å². The second kappa shape index (κ2) is 11.8. The van der Waals surface area contributed by atoms with Crippen LogP contribution >= 0.6 is 0 Å². The first kappa shape index (κ1) is 19.0. The smallest absolute Gasteiger partial charge is 0.396 e. The Bertz CT molecular complexity index is 187. The second-order valence-corrected chi connectivity index (χ2v) is 7.76. The molecule has 0 heterocycles. The summed E-state index contributed by atoms with van der Waals surface area (Å²) in [6, 6.07) is 0.832. The van der Waals surface area contributed by atoms with Crippen molar-refractivity contribution in [3.8, 4) is 0 Å². The Hall–Kier alpha value is 0.0169. The third kappa shape index (κ3) is 8.01. The highest BCUT2D eigenvalue weighted by Crippen LogP contribution is 2.15. The zero-order chi connectivity index (χ0) is 14.6. The van der Waals surface area contributed by atoms with E-state index in [1.807, 2.05) is 0 Å². The molecule has 0 amide bonds. The Morgan fingerprint density at radius 3 is 1.89 bits per heavy atom. The van der Waals surface area contributed by atoms with Crippen LogP contribution in [0.5, 0.6) is 0 Å². The quantitative estimate of drug-likeness (QED) is 0.524. The Morgan fingerprint density at radius 1 is 0.895 bits per heavy atom. The lowest BCUT2D eigenvalue weighted by atomic mass is 10.3. The van der Waals surface area contributed by atoms with Gasteiger partial charge in [-0.1, -0.05) is 13.3 Å². The lowest BCUT2D eigenvalue weighted by Gasteiger charge is -2.26. The maximum absolute atomic E-state index is 8.93. The van der Waals surface area contributed by atoms with E-state index in [1.165, 1.54) is 12.8 Å². The van der Waals surface area contributed by atoms with Gasteiger partial charge in [-0.05, 0) is 32.4 Å². The van der Waals surface area contributed by atoms with Gasteiger partial charge in [-0.15, -0.1) is 0 Å². The van der Waals surface area contributed by atoms with Crippen molar-refractivity contribution in [1.29, 1.82) is 0 Å².